The third-order valence-corrected chi connectivity index (χ3v) is 12.4. The van der Waals surface area contributed by atoms with Gasteiger partial charge < -0.3 is 14.4 Å². The van der Waals surface area contributed by atoms with Crippen LogP contribution < -0.4 is 4.74 Å². The molecule has 0 unspecified atom stereocenters. The Kier molecular flexibility index (Phi) is 8.85. The minimum atomic E-state index is -2.31. The van der Waals surface area contributed by atoms with Crippen LogP contribution in [-0.4, -0.2) is 56.8 Å². The Hall–Kier alpha value is -3.82. The molecule has 4 aromatic rings. The SMILES string of the molecule is CC(C)c1ccc(COc2ccc(-c3c(-c4ccncc4)nn4c3C(=O)N(CCCC(C)(C)[Si](C)(C)O)CC4)cc2)cn1. The van der Waals surface area contributed by atoms with Gasteiger partial charge in [-0.15, -0.1) is 0 Å². The summed E-state index contributed by atoms with van der Waals surface area (Å²) in [7, 11) is -2.31. The van der Waals surface area contributed by atoms with E-state index in [-0.39, 0.29) is 10.9 Å². The van der Waals surface area contributed by atoms with E-state index in [1.165, 1.54) is 0 Å². The Balaban J connectivity index is 1.38. The summed E-state index contributed by atoms with van der Waals surface area (Å²) in [5, 5.41) is 4.81. The summed E-state index contributed by atoms with van der Waals surface area (Å²) in [6, 6.07) is 15.9. The molecule has 4 heterocycles. The Morgan fingerprint density at radius 1 is 1.00 bits per heavy atom. The molecule has 0 bridgehead atoms. The molecule has 5 rings (SSSR count). The number of hydrogen-bond acceptors (Lipinski definition) is 6. The van der Waals surface area contributed by atoms with Gasteiger partial charge in [0.05, 0.1) is 6.54 Å². The normalized spacial score (nSPS) is 13.9. The Labute approximate surface area is 255 Å². The molecule has 1 aliphatic rings. The van der Waals surface area contributed by atoms with Crippen molar-refractivity contribution in [3.8, 4) is 28.1 Å². The lowest BCUT2D eigenvalue weighted by atomic mass is 9.98. The summed E-state index contributed by atoms with van der Waals surface area (Å²) >= 11 is 0. The average Bonchev–Trinajstić information content (AvgIpc) is 3.38. The molecule has 3 aromatic heterocycles. The molecule has 226 valence electrons. The molecule has 8 nitrogen and oxygen atoms in total. The number of hydrogen-bond donors (Lipinski definition) is 1. The van der Waals surface area contributed by atoms with Crippen molar-refractivity contribution < 1.29 is 14.3 Å². The van der Waals surface area contributed by atoms with Crippen molar-refractivity contribution in [3.63, 3.8) is 0 Å². The molecule has 0 atom stereocenters. The van der Waals surface area contributed by atoms with E-state index in [4.69, 9.17) is 9.84 Å². The van der Waals surface area contributed by atoms with Crippen LogP contribution in [0.2, 0.25) is 18.1 Å². The minimum absolute atomic E-state index is 0.00923. The second kappa shape index (κ2) is 12.4. The number of carbonyl (C=O) groups is 1. The van der Waals surface area contributed by atoms with Crippen LogP contribution in [0.1, 0.15) is 68.2 Å². The van der Waals surface area contributed by atoms with Gasteiger partial charge in [-0.2, -0.15) is 5.10 Å². The van der Waals surface area contributed by atoms with Gasteiger partial charge in [0.15, 0.2) is 8.32 Å². The molecule has 0 saturated carbocycles. The number of carbonyl (C=O) groups excluding carboxylic acids is 1. The zero-order valence-corrected chi connectivity index (χ0v) is 27.2. The lowest BCUT2D eigenvalue weighted by Crippen LogP contribution is -2.42. The lowest BCUT2D eigenvalue weighted by Gasteiger charge is -2.36. The minimum Gasteiger partial charge on any atom is -0.489 e. The summed E-state index contributed by atoms with van der Waals surface area (Å²) in [6.45, 7) is 14.8. The standard InChI is InChI=1S/C34H43N5O3Si/c1-24(2)29-13-8-25(22-36-29)23-42-28-11-9-26(10-12-28)30-31(27-14-17-35-18-15-27)37-39-21-20-38(33(40)32(30)39)19-7-16-34(3,4)43(5,6)41/h8-15,17-18,22,24,41H,7,16,19-21,23H2,1-6H3. The van der Waals surface area contributed by atoms with E-state index in [2.05, 4.69) is 43.7 Å². The van der Waals surface area contributed by atoms with E-state index in [9.17, 15) is 9.59 Å². The van der Waals surface area contributed by atoms with Crippen LogP contribution in [0.25, 0.3) is 22.4 Å². The number of ether oxygens (including phenoxy) is 1. The molecule has 0 spiro atoms. The average molecular weight is 598 g/mol. The predicted octanol–water partition coefficient (Wildman–Crippen LogP) is 6.92. The smallest absolute Gasteiger partial charge is 0.272 e. The van der Waals surface area contributed by atoms with Crippen molar-refractivity contribution in [3.05, 3.63) is 84.1 Å². The fraction of sp³-hybridized carbons (Fsp3) is 0.412. The summed E-state index contributed by atoms with van der Waals surface area (Å²) < 4.78 is 7.92. The van der Waals surface area contributed by atoms with Gasteiger partial charge in [0.2, 0.25) is 0 Å². The summed E-state index contributed by atoms with van der Waals surface area (Å²) in [5.41, 5.74) is 6.11. The van der Waals surface area contributed by atoms with Gasteiger partial charge in [-0.1, -0.05) is 45.9 Å². The van der Waals surface area contributed by atoms with Crippen molar-refractivity contribution in [2.45, 2.75) is 77.7 Å². The first-order valence-electron chi connectivity index (χ1n) is 15.2. The molecular weight excluding hydrogens is 554 g/mol. The fourth-order valence-corrected chi connectivity index (χ4v) is 6.06. The highest BCUT2D eigenvalue weighted by atomic mass is 28.4. The highest BCUT2D eigenvalue weighted by Crippen LogP contribution is 2.40. The monoisotopic (exact) mass is 597 g/mol. The highest BCUT2D eigenvalue weighted by Gasteiger charge is 2.38. The van der Waals surface area contributed by atoms with E-state index >= 15 is 0 Å². The third-order valence-electron chi connectivity index (χ3n) is 8.85. The summed E-state index contributed by atoms with van der Waals surface area (Å²) in [6.07, 6.45) is 7.09. The van der Waals surface area contributed by atoms with Crippen molar-refractivity contribution in [2.24, 2.45) is 0 Å². The number of fused-ring (bicyclic) bond motifs is 1. The second-order valence-electron chi connectivity index (χ2n) is 12.9. The maximum Gasteiger partial charge on any atom is 0.272 e. The molecule has 1 amide bonds. The largest absolute Gasteiger partial charge is 0.489 e. The molecule has 0 aliphatic carbocycles. The van der Waals surface area contributed by atoms with Crippen molar-refractivity contribution in [1.82, 2.24) is 24.6 Å². The van der Waals surface area contributed by atoms with Crippen LogP contribution in [0, 0.1) is 0 Å². The van der Waals surface area contributed by atoms with Crippen LogP contribution in [0.5, 0.6) is 5.75 Å². The molecule has 9 heteroatoms. The maximum absolute atomic E-state index is 14.0. The zero-order chi connectivity index (χ0) is 30.8. The van der Waals surface area contributed by atoms with Crippen LogP contribution in [0.3, 0.4) is 0 Å². The Morgan fingerprint density at radius 3 is 2.35 bits per heavy atom. The van der Waals surface area contributed by atoms with Gasteiger partial charge in [-0.3, -0.25) is 19.4 Å². The number of rotatable bonds is 11. The molecule has 0 fully saturated rings. The van der Waals surface area contributed by atoms with Crippen molar-refractivity contribution in [1.29, 1.82) is 0 Å². The molecule has 0 saturated heterocycles. The zero-order valence-electron chi connectivity index (χ0n) is 26.2. The molecule has 43 heavy (non-hydrogen) atoms. The van der Waals surface area contributed by atoms with Crippen LogP contribution in [-0.2, 0) is 13.2 Å². The lowest BCUT2D eigenvalue weighted by molar-refractivity contribution is 0.0694. The van der Waals surface area contributed by atoms with Gasteiger partial charge in [0.1, 0.15) is 23.7 Å². The molecule has 0 radical (unpaired) electrons. The van der Waals surface area contributed by atoms with Crippen LogP contribution in [0.15, 0.2) is 67.1 Å². The van der Waals surface area contributed by atoms with E-state index in [0.717, 1.165) is 52.2 Å². The summed E-state index contributed by atoms with van der Waals surface area (Å²) in [5.74, 6) is 1.12. The predicted molar refractivity (Wildman–Crippen MR) is 172 cm³/mol. The van der Waals surface area contributed by atoms with Crippen LogP contribution in [0.4, 0.5) is 0 Å². The Morgan fingerprint density at radius 2 is 1.72 bits per heavy atom. The first-order chi connectivity index (χ1) is 20.4. The first-order valence-corrected chi connectivity index (χ1v) is 18.1. The van der Waals surface area contributed by atoms with Crippen LogP contribution >= 0.6 is 0 Å². The molecule has 1 aliphatic heterocycles. The highest BCUT2D eigenvalue weighted by molar-refractivity contribution is 6.72. The fourth-order valence-electron chi connectivity index (χ4n) is 5.27. The van der Waals surface area contributed by atoms with Gasteiger partial charge in [-0.25, -0.2) is 0 Å². The molecule has 1 N–H and O–H groups in total. The summed E-state index contributed by atoms with van der Waals surface area (Å²) in [4.78, 5) is 35.3. The number of nitrogens with zero attached hydrogens (tertiary/aromatic N) is 5. The number of aromatic nitrogens is 4. The quantitative estimate of drug-likeness (QED) is 0.189. The van der Waals surface area contributed by atoms with Gasteiger partial charge >= 0.3 is 0 Å². The van der Waals surface area contributed by atoms with Gasteiger partial charge in [-0.05, 0) is 72.8 Å². The van der Waals surface area contributed by atoms with Gasteiger partial charge in [0, 0.05) is 54.1 Å². The number of amides is 1. The van der Waals surface area contributed by atoms with E-state index < -0.39 is 8.32 Å². The number of benzene rings is 1. The van der Waals surface area contributed by atoms with Crippen molar-refractivity contribution in [2.75, 3.05) is 13.1 Å². The van der Waals surface area contributed by atoms with Gasteiger partial charge in [0.25, 0.3) is 5.91 Å². The van der Waals surface area contributed by atoms with E-state index in [1.54, 1.807) is 12.4 Å². The Bertz CT molecular complexity index is 1540. The third kappa shape index (κ3) is 6.73. The topological polar surface area (TPSA) is 93.4 Å². The first kappa shape index (κ1) is 30.6. The number of pyridine rings is 2. The van der Waals surface area contributed by atoms with Crippen molar-refractivity contribution >= 4 is 14.2 Å². The molecule has 1 aromatic carbocycles. The van der Waals surface area contributed by atoms with E-state index in [0.29, 0.717) is 37.9 Å². The second-order valence-corrected chi connectivity index (χ2v) is 17.4. The maximum atomic E-state index is 14.0. The molecular formula is C34H43N5O3Si. The van der Waals surface area contributed by atoms with E-state index in [1.807, 2.05) is 71.3 Å².